The van der Waals surface area contributed by atoms with Gasteiger partial charge in [0.2, 0.25) is 0 Å². The standard InChI is InChI=1S/C12H18O.C7H14.C6H14.2C5H12/c1-12(2,3)10-13-9-11-7-5-4-6-8-11;1-5-6-7(2,3)4;1-5-6(2,3)4;2*1-5(2,3)4/h4-8H,9-10H2,1-3H3;5H,1,6H2,2-4H3;5H2,1-4H3;2*1-4H3. The van der Waals surface area contributed by atoms with Gasteiger partial charge in [-0.2, -0.15) is 0 Å². The second kappa shape index (κ2) is 20.0. The molecule has 0 aliphatic carbocycles. The van der Waals surface area contributed by atoms with E-state index in [4.69, 9.17) is 4.74 Å². The molecule has 0 aromatic heterocycles. The normalized spacial score (nSPS) is 11.7. The Labute approximate surface area is 230 Å². The van der Waals surface area contributed by atoms with E-state index in [2.05, 4.69) is 143 Å². The summed E-state index contributed by atoms with van der Waals surface area (Å²) < 4.78 is 5.58. The van der Waals surface area contributed by atoms with Crippen LogP contribution in [0, 0.1) is 27.1 Å². The molecule has 0 fully saturated rings. The monoisotopic (exact) mass is 507 g/mol. The Kier molecular flexibility index (Phi) is 23.3. The zero-order chi connectivity index (χ0) is 29.9. The van der Waals surface area contributed by atoms with Gasteiger partial charge in [-0.1, -0.05) is 167 Å². The quantitative estimate of drug-likeness (QED) is 0.369. The molecule has 0 unspecified atom stereocenters. The van der Waals surface area contributed by atoms with Crippen molar-refractivity contribution in [3.05, 3.63) is 48.6 Å². The number of benzene rings is 1. The summed E-state index contributed by atoms with van der Waals surface area (Å²) in [5, 5.41) is 0. The summed E-state index contributed by atoms with van der Waals surface area (Å²) in [4.78, 5) is 0. The van der Waals surface area contributed by atoms with E-state index in [1.54, 1.807) is 0 Å². The average Bonchev–Trinajstić information content (AvgIpc) is 2.58. The van der Waals surface area contributed by atoms with E-state index in [9.17, 15) is 0 Å². The van der Waals surface area contributed by atoms with Crippen molar-refractivity contribution >= 4 is 0 Å². The van der Waals surface area contributed by atoms with Crippen molar-refractivity contribution < 1.29 is 4.74 Å². The Hall–Kier alpha value is -1.08. The van der Waals surface area contributed by atoms with Crippen molar-refractivity contribution in [1.29, 1.82) is 0 Å². The molecule has 0 heterocycles. The van der Waals surface area contributed by atoms with Crippen molar-refractivity contribution in [3.8, 4) is 0 Å². The maximum atomic E-state index is 5.58. The lowest BCUT2D eigenvalue weighted by Gasteiger charge is -2.17. The molecule has 36 heavy (non-hydrogen) atoms. The SMILES string of the molecule is C=CCC(C)(C)C.CC(C)(C)C.CC(C)(C)C.CC(C)(C)COCc1ccccc1.CCC(C)(C)C. The molecule has 0 atom stereocenters. The summed E-state index contributed by atoms with van der Waals surface area (Å²) in [6, 6.07) is 10.3. The molecular formula is C35H70O. The van der Waals surface area contributed by atoms with Crippen LogP contribution in [0.2, 0.25) is 0 Å². The van der Waals surface area contributed by atoms with Gasteiger partial charge in [-0.3, -0.25) is 0 Å². The predicted molar refractivity (Wildman–Crippen MR) is 170 cm³/mol. The van der Waals surface area contributed by atoms with Gasteiger partial charge in [0.15, 0.2) is 0 Å². The number of ether oxygens (including phenoxy) is 1. The molecule has 216 valence electrons. The van der Waals surface area contributed by atoms with Crippen molar-refractivity contribution in [2.24, 2.45) is 27.1 Å². The third-order valence-corrected chi connectivity index (χ3v) is 3.46. The van der Waals surface area contributed by atoms with Gasteiger partial charge in [-0.25, -0.2) is 0 Å². The summed E-state index contributed by atoms with van der Waals surface area (Å²) in [6.45, 7) is 44.8. The first-order chi connectivity index (χ1) is 15.7. The van der Waals surface area contributed by atoms with E-state index < -0.39 is 0 Å². The minimum atomic E-state index is 0.259. The topological polar surface area (TPSA) is 9.23 Å². The van der Waals surface area contributed by atoms with E-state index >= 15 is 0 Å². The highest BCUT2D eigenvalue weighted by Crippen LogP contribution is 2.18. The van der Waals surface area contributed by atoms with Crippen LogP contribution in [-0.4, -0.2) is 6.61 Å². The Balaban J connectivity index is -0.000000191. The number of hydrogen-bond donors (Lipinski definition) is 0. The number of allylic oxidation sites excluding steroid dienone is 1. The Bertz CT molecular complexity index is 566. The third-order valence-electron chi connectivity index (χ3n) is 3.46. The molecule has 0 spiro atoms. The van der Waals surface area contributed by atoms with Crippen LogP contribution in [0.5, 0.6) is 0 Å². The van der Waals surface area contributed by atoms with Crippen LogP contribution >= 0.6 is 0 Å². The van der Waals surface area contributed by atoms with E-state index in [1.807, 2.05) is 24.3 Å². The summed E-state index contributed by atoms with van der Waals surface area (Å²) >= 11 is 0. The largest absolute Gasteiger partial charge is 0.376 e. The van der Waals surface area contributed by atoms with Gasteiger partial charge in [0.1, 0.15) is 0 Å². The molecule has 0 saturated carbocycles. The summed E-state index contributed by atoms with van der Waals surface area (Å²) in [5.41, 5.74) is 3.48. The van der Waals surface area contributed by atoms with E-state index in [0.717, 1.165) is 19.6 Å². The van der Waals surface area contributed by atoms with Gasteiger partial charge < -0.3 is 4.74 Å². The van der Waals surface area contributed by atoms with Crippen LogP contribution in [0.15, 0.2) is 43.0 Å². The summed E-state index contributed by atoms with van der Waals surface area (Å²) in [7, 11) is 0. The van der Waals surface area contributed by atoms with Crippen molar-refractivity contribution in [2.75, 3.05) is 6.61 Å². The van der Waals surface area contributed by atoms with E-state index in [-0.39, 0.29) is 5.41 Å². The van der Waals surface area contributed by atoms with Crippen molar-refractivity contribution in [3.63, 3.8) is 0 Å². The molecule has 1 rings (SSSR count). The second-order valence-corrected chi connectivity index (χ2v) is 16.5. The molecule has 1 aromatic carbocycles. The number of hydrogen-bond acceptors (Lipinski definition) is 1. The average molecular weight is 507 g/mol. The highest BCUT2D eigenvalue weighted by molar-refractivity contribution is 5.13. The highest BCUT2D eigenvalue weighted by Gasteiger charge is 2.09. The summed E-state index contributed by atoms with van der Waals surface area (Å²) in [6.07, 6.45) is 4.33. The van der Waals surface area contributed by atoms with Crippen LogP contribution in [0.4, 0.5) is 0 Å². The lowest BCUT2D eigenvalue weighted by atomic mass is 9.93. The fraction of sp³-hybridized carbons (Fsp3) is 0.771. The smallest absolute Gasteiger partial charge is 0.0717 e. The van der Waals surface area contributed by atoms with Crippen LogP contribution in [0.3, 0.4) is 0 Å². The van der Waals surface area contributed by atoms with Crippen LogP contribution in [0.25, 0.3) is 0 Å². The van der Waals surface area contributed by atoms with Gasteiger partial charge in [0, 0.05) is 0 Å². The molecule has 0 radical (unpaired) electrons. The first-order valence-electron chi connectivity index (χ1n) is 13.9. The highest BCUT2D eigenvalue weighted by atomic mass is 16.5. The predicted octanol–water partition coefficient (Wildman–Crippen LogP) is 12.4. The van der Waals surface area contributed by atoms with Gasteiger partial charge in [-0.15, -0.1) is 6.58 Å². The fourth-order valence-corrected chi connectivity index (χ4v) is 1.48. The molecule has 1 nitrogen and oxygen atoms in total. The molecule has 0 aliphatic rings. The molecule has 0 amide bonds. The van der Waals surface area contributed by atoms with Crippen LogP contribution in [-0.2, 0) is 11.3 Å². The second-order valence-electron chi connectivity index (χ2n) is 16.5. The first kappa shape index (κ1) is 42.0. The van der Waals surface area contributed by atoms with Gasteiger partial charge in [0.05, 0.1) is 13.2 Å². The lowest BCUT2D eigenvalue weighted by Crippen LogP contribution is -2.14. The molecule has 1 aromatic rings. The number of rotatable bonds is 4. The maximum Gasteiger partial charge on any atom is 0.0717 e. The van der Waals surface area contributed by atoms with E-state index in [0.29, 0.717) is 21.7 Å². The van der Waals surface area contributed by atoms with Crippen LogP contribution in [0.1, 0.15) is 143 Å². The van der Waals surface area contributed by atoms with Crippen molar-refractivity contribution in [2.45, 2.75) is 144 Å². The van der Waals surface area contributed by atoms with Gasteiger partial charge >= 0.3 is 0 Å². The summed E-state index contributed by atoms with van der Waals surface area (Å²) in [5.74, 6) is 0. The van der Waals surface area contributed by atoms with Gasteiger partial charge in [0.25, 0.3) is 0 Å². The fourth-order valence-electron chi connectivity index (χ4n) is 1.48. The molecule has 1 heteroatoms. The Morgan fingerprint density at radius 1 is 0.611 bits per heavy atom. The maximum absolute atomic E-state index is 5.58. The molecule has 0 aliphatic heterocycles. The third kappa shape index (κ3) is 76.6. The zero-order valence-electron chi connectivity index (χ0n) is 28.4. The molecule has 0 N–H and O–H groups in total. The van der Waals surface area contributed by atoms with E-state index in [1.165, 1.54) is 12.0 Å². The van der Waals surface area contributed by atoms with Crippen molar-refractivity contribution in [1.82, 2.24) is 0 Å². The minimum absolute atomic E-state index is 0.259. The Morgan fingerprint density at radius 2 is 0.944 bits per heavy atom. The molecule has 0 saturated heterocycles. The zero-order valence-corrected chi connectivity index (χ0v) is 28.4. The Morgan fingerprint density at radius 3 is 1.14 bits per heavy atom. The van der Waals surface area contributed by atoms with Crippen LogP contribution < -0.4 is 0 Å². The lowest BCUT2D eigenvalue weighted by molar-refractivity contribution is 0.0599. The van der Waals surface area contributed by atoms with Gasteiger partial charge in [-0.05, 0) is 39.1 Å². The first-order valence-corrected chi connectivity index (χ1v) is 13.9. The minimum Gasteiger partial charge on any atom is -0.376 e. The molecular weight excluding hydrogens is 436 g/mol. The molecule has 0 bridgehead atoms.